The summed E-state index contributed by atoms with van der Waals surface area (Å²) in [6.45, 7) is 0.287. The molecular formula is C22H21ClO6. The summed E-state index contributed by atoms with van der Waals surface area (Å²) in [5, 5.41) is 0.148. The summed E-state index contributed by atoms with van der Waals surface area (Å²) >= 11 is 6.40. The highest BCUT2D eigenvalue weighted by atomic mass is 35.5. The van der Waals surface area contributed by atoms with Crippen molar-refractivity contribution in [2.45, 2.75) is 25.6 Å². The topological polar surface area (TPSA) is 71.1 Å². The lowest BCUT2D eigenvalue weighted by Crippen LogP contribution is -2.27. The number of benzene rings is 2. The van der Waals surface area contributed by atoms with E-state index in [0.29, 0.717) is 30.6 Å². The molecule has 0 aromatic heterocycles. The van der Waals surface area contributed by atoms with Crippen molar-refractivity contribution >= 4 is 23.7 Å². The number of halogens is 1. The predicted molar refractivity (Wildman–Crippen MR) is 108 cm³/mol. The van der Waals surface area contributed by atoms with Crippen LogP contribution in [0, 0.1) is 0 Å². The fourth-order valence-electron chi connectivity index (χ4n) is 3.02. The third-order valence-corrected chi connectivity index (χ3v) is 4.89. The number of allylic oxidation sites excluding steroid dienone is 1. The van der Waals surface area contributed by atoms with Crippen molar-refractivity contribution in [3.63, 3.8) is 0 Å². The van der Waals surface area contributed by atoms with Crippen LogP contribution < -0.4 is 14.2 Å². The van der Waals surface area contributed by atoms with Gasteiger partial charge in [0.25, 0.3) is 0 Å². The summed E-state index contributed by atoms with van der Waals surface area (Å²) < 4.78 is 22.5. The van der Waals surface area contributed by atoms with Crippen molar-refractivity contribution in [2.24, 2.45) is 0 Å². The summed E-state index contributed by atoms with van der Waals surface area (Å²) in [6, 6.07) is 11.1. The first kappa shape index (κ1) is 20.7. The van der Waals surface area contributed by atoms with E-state index in [-0.39, 0.29) is 34.5 Å². The quantitative estimate of drug-likeness (QED) is 0.595. The molecule has 2 aromatic carbocycles. The average Bonchev–Trinajstić information content (AvgIpc) is 2.75. The molecule has 1 aliphatic rings. The average molecular weight is 417 g/mol. The Morgan fingerprint density at radius 2 is 1.86 bits per heavy atom. The minimum Gasteiger partial charge on any atom is -0.496 e. The van der Waals surface area contributed by atoms with Gasteiger partial charge in [0.05, 0.1) is 14.2 Å². The van der Waals surface area contributed by atoms with Crippen molar-refractivity contribution in [2.75, 3.05) is 14.2 Å². The molecule has 0 heterocycles. The second kappa shape index (κ2) is 9.47. The maximum atomic E-state index is 11.9. The fraction of sp³-hybridized carbons (Fsp3) is 0.273. The number of carbonyl (C=O) groups is 2. The number of ketones is 1. The minimum atomic E-state index is -0.579. The lowest BCUT2D eigenvalue weighted by atomic mass is 10.0. The first-order valence-corrected chi connectivity index (χ1v) is 9.42. The second-order valence-corrected chi connectivity index (χ2v) is 6.77. The Kier molecular flexibility index (Phi) is 6.77. The van der Waals surface area contributed by atoms with Crippen molar-refractivity contribution in [1.82, 2.24) is 0 Å². The molecule has 2 aromatic rings. The molecule has 1 aliphatic carbocycles. The van der Waals surface area contributed by atoms with Gasteiger partial charge in [-0.2, -0.15) is 0 Å². The van der Waals surface area contributed by atoms with E-state index < -0.39 is 6.10 Å². The third kappa shape index (κ3) is 4.71. The van der Waals surface area contributed by atoms with Gasteiger partial charge in [0.2, 0.25) is 0 Å². The van der Waals surface area contributed by atoms with E-state index in [1.165, 1.54) is 26.4 Å². The molecular weight excluding hydrogens is 396 g/mol. The summed E-state index contributed by atoms with van der Waals surface area (Å²) in [7, 11) is 2.89. The van der Waals surface area contributed by atoms with E-state index in [1.54, 1.807) is 0 Å². The molecule has 152 valence electrons. The molecule has 0 saturated heterocycles. The molecule has 0 unspecified atom stereocenters. The van der Waals surface area contributed by atoms with Gasteiger partial charge in [0.1, 0.15) is 34.5 Å². The Labute approximate surface area is 174 Å². The standard InChI is InChI=1S/C22H21ClO6/c1-26-18-11-20(27-2)21(23)22(16(18)12-24)29-17-9-8-15(25)10-19(17)28-13-14-6-4-3-5-7-14/h3-7,10-12,17H,8-9,13H2,1-2H3/t17-/m0/s1. The molecule has 3 rings (SSSR count). The van der Waals surface area contributed by atoms with E-state index in [9.17, 15) is 9.59 Å². The van der Waals surface area contributed by atoms with E-state index in [4.69, 9.17) is 30.5 Å². The van der Waals surface area contributed by atoms with E-state index in [1.807, 2.05) is 30.3 Å². The van der Waals surface area contributed by atoms with E-state index in [0.717, 1.165) is 5.56 Å². The molecule has 1 atom stereocenters. The van der Waals surface area contributed by atoms with E-state index >= 15 is 0 Å². The van der Waals surface area contributed by atoms with Gasteiger partial charge < -0.3 is 18.9 Å². The molecule has 7 heteroatoms. The molecule has 0 bridgehead atoms. The first-order chi connectivity index (χ1) is 14.1. The van der Waals surface area contributed by atoms with Gasteiger partial charge in [0.15, 0.2) is 23.9 Å². The largest absolute Gasteiger partial charge is 0.496 e. The van der Waals surface area contributed by atoms with Crippen LogP contribution in [0.5, 0.6) is 17.2 Å². The zero-order valence-electron chi connectivity index (χ0n) is 16.1. The number of carbonyl (C=O) groups excluding carboxylic acids is 2. The Balaban J connectivity index is 1.90. The SMILES string of the molecule is COc1cc(OC)c(C=O)c(O[C@H]2CCC(=O)C=C2OCc2ccccc2)c1Cl. The summed E-state index contributed by atoms with van der Waals surface area (Å²) in [6.07, 6.45) is 2.17. The molecule has 0 amide bonds. The number of ether oxygens (including phenoxy) is 4. The van der Waals surface area contributed by atoms with Crippen molar-refractivity contribution in [3.8, 4) is 17.2 Å². The second-order valence-electron chi connectivity index (χ2n) is 6.39. The van der Waals surface area contributed by atoms with Gasteiger partial charge in [0, 0.05) is 18.6 Å². The lowest BCUT2D eigenvalue weighted by Gasteiger charge is -2.26. The minimum absolute atomic E-state index is 0.0437. The highest BCUT2D eigenvalue weighted by Gasteiger charge is 2.29. The zero-order chi connectivity index (χ0) is 20.8. The van der Waals surface area contributed by atoms with Crippen molar-refractivity contribution in [1.29, 1.82) is 0 Å². The van der Waals surface area contributed by atoms with Gasteiger partial charge in [-0.05, 0) is 12.0 Å². The van der Waals surface area contributed by atoms with Crippen LogP contribution in [-0.2, 0) is 16.1 Å². The van der Waals surface area contributed by atoms with Gasteiger partial charge >= 0.3 is 0 Å². The number of hydrogen-bond acceptors (Lipinski definition) is 6. The number of aldehydes is 1. The molecule has 0 fully saturated rings. The summed E-state index contributed by atoms with van der Waals surface area (Å²) in [5.41, 5.74) is 1.12. The molecule has 0 aliphatic heterocycles. The molecule has 0 saturated carbocycles. The Hall–Kier alpha value is -2.99. The zero-order valence-corrected chi connectivity index (χ0v) is 16.9. The smallest absolute Gasteiger partial charge is 0.159 e. The monoisotopic (exact) mass is 416 g/mol. The van der Waals surface area contributed by atoms with Gasteiger partial charge in [-0.1, -0.05) is 41.9 Å². The maximum absolute atomic E-state index is 11.9. The molecule has 29 heavy (non-hydrogen) atoms. The van der Waals surface area contributed by atoms with Crippen molar-refractivity contribution < 1.29 is 28.5 Å². The van der Waals surface area contributed by atoms with Crippen LogP contribution >= 0.6 is 11.6 Å². The molecule has 0 radical (unpaired) electrons. The Bertz CT molecular complexity index is 923. The summed E-state index contributed by atoms with van der Waals surface area (Å²) in [4.78, 5) is 23.6. The summed E-state index contributed by atoms with van der Waals surface area (Å²) in [5.74, 6) is 1.06. The van der Waals surface area contributed by atoms with Crippen LogP contribution in [-0.4, -0.2) is 32.4 Å². The van der Waals surface area contributed by atoms with E-state index in [2.05, 4.69) is 0 Å². The normalized spacial score (nSPS) is 16.0. The highest BCUT2D eigenvalue weighted by Crippen LogP contribution is 2.43. The predicted octanol–water partition coefficient (Wildman–Crippen LogP) is 4.38. The number of rotatable bonds is 8. The van der Waals surface area contributed by atoms with Crippen LogP contribution in [0.3, 0.4) is 0 Å². The van der Waals surface area contributed by atoms with Crippen LogP contribution in [0.25, 0.3) is 0 Å². The van der Waals surface area contributed by atoms with Gasteiger partial charge in [-0.25, -0.2) is 0 Å². The first-order valence-electron chi connectivity index (χ1n) is 9.04. The highest BCUT2D eigenvalue weighted by molar-refractivity contribution is 6.34. The number of methoxy groups -OCH3 is 2. The third-order valence-electron chi connectivity index (χ3n) is 4.53. The maximum Gasteiger partial charge on any atom is 0.159 e. The lowest BCUT2D eigenvalue weighted by molar-refractivity contribution is -0.116. The van der Waals surface area contributed by atoms with Gasteiger partial charge in [-0.15, -0.1) is 0 Å². The van der Waals surface area contributed by atoms with Gasteiger partial charge in [-0.3, -0.25) is 9.59 Å². The van der Waals surface area contributed by atoms with Crippen LogP contribution in [0.15, 0.2) is 48.2 Å². The van der Waals surface area contributed by atoms with Crippen molar-refractivity contribution in [3.05, 3.63) is 64.4 Å². The fourth-order valence-corrected chi connectivity index (χ4v) is 3.30. The van der Waals surface area contributed by atoms with Crippen LogP contribution in [0.2, 0.25) is 5.02 Å². The Morgan fingerprint density at radius 3 is 2.52 bits per heavy atom. The molecule has 6 nitrogen and oxygen atoms in total. The van der Waals surface area contributed by atoms with Crippen LogP contribution in [0.1, 0.15) is 28.8 Å². The van der Waals surface area contributed by atoms with Crippen LogP contribution in [0.4, 0.5) is 0 Å². The molecule has 0 N–H and O–H groups in total. The Morgan fingerprint density at radius 1 is 1.14 bits per heavy atom. The number of hydrogen-bond donors (Lipinski definition) is 0. The molecule has 0 spiro atoms.